The van der Waals surface area contributed by atoms with Crippen LogP contribution in [0.1, 0.15) is 21.9 Å². The molecule has 1 aromatic carbocycles. The number of rotatable bonds is 5. The molecule has 1 aromatic heterocycles. The molecule has 0 radical (unpaired) electrons. The molecule has 0 bridgehead atoms. The maximum atomic E-state index is 12.5. The van der Waals surface area contributed by atoms with Crippen LogP contribution < -0.4 is 5.32 Å². The summed E-state index contributed by atoms with van der Waals surface area (Å²) in [7, 11) is 1.18. The summed E-state index contributed by atoms with van der Waals surface area (Å²) in [6.07, 6.45) is 1.13. The molecule has 11 nitrogen and oxygen atoms in total. The molecule has 0 aliphatic carbocycles. The van der Waals surface area contributed by atoms with Gasteiger partial charge in [-0.1, -0.05) is 0 Å². The minimum Gasteiger partial charge on any atom is -0.507 e. The van der Waals surface area contributed by atoms with E-state index in [4.69, 9.17) is 4.42 Å². The van der Waals surface area contributed by atoms with Crippen LogP contribution in [0, 0.1) is 10.1 Å². The van der Waals surface area contributed by atoms with E-state index < -0.39 is 22.8 Å². The molecule has 0 spiro atoms. The number of phenols is 1. The van der Waals surface area contributed by atoms with Crippen LogP contribution in [-0.4, -0.2) is 39.9 Å². The zero-order valence-electron chi connectivity index (χ0n) is 14.4. The molecule has 0 atom stereocenters. The molecule has 144 valence electrons. The highest BCUT2D eigenvalue weighted by atomic mass is 16.6. The second-order valence-corrected chi connectivity index (χ2v) is 5.64. The highest BCUT2D eigenvalue weighted by Crippen LogP contribution is 2.26. The molecular weight excluding hydrogens is 374 g/mol. The van der Waals surface area contributed by atoms with Gasteiger partial charge >= 0.3 is 12.0 Å². The summed E-state index contributed by atoms with van der Waals surface area (Å²) in [6, 6.07) is 5.30. The smallest absolute Gasteiger partial charge is 0.373 e. The highest BCUT2D eigenvalue weighted by Gasteiger charge is 2.34. The summed E-state index contributed by atoms with van der Waals surface area (Å²) in [5.41, 5.74) is -0.476. The van der Waals surface area contributed by atoms with Gasteiger partial charge in [-0.15, -0.1) is 0 Å². The Balaban J connectivity index is 1.83. The van der Waals surface area contributed by atoms with Crippen LogP contribution in [0.4, 0.5) is 10.5 Å². The molecule has 1 aliphatic heterocycles. The Morgan fingerprint density at radius 1 is 1.36 bits per heavy atom. The van der Waals surface area contributed by atoms with E-state index in [0.29, 0.717) is 0 Å². The van der Waals surface area contributed by atoms with Gasteiger partial charge < -0.3 is 19.6 Å². The monoisotopic (exact) mass is 387 g/mol. The number of hydrogen-bond acceptors (Lipinski definition) is 8. The molecule has 28 heavy (non-hydrogen) atoms. The minimum absolute atomic E-state index is 0.00863. The number of imide groups is 1. The number of ether oxygens (including phenoxy) is 1. The van der Waals surface area contributed by atoms with Gasteiger partial charge in [0.15, 0.2) is 0 Å². The standard InChI is InChI=1S/C17H13N3O8/c1-27-16(23)14-5-3-11(28-14)8-19-15(22)12(18-17(19)24)7-9-6-10(20(25)26)2-4-13(9)21/h2-7,21H,8H2,1H3,(H,18,24)/b12-7-. The van der Waals surface area contributed by atoms with Crippen LogP contribution >= 0.6 is 0 Å². The Labute approximate surface area is 156 Å². The van der Waals surface area contributed by atoms with E-state index in [0.717, 1.165) is 29.2 Å². The van der Waals surface area contributed by atoms with Gasteiger partial charge in [-0.25, -0.2) is 9.59 Å². The van der Waals surface area contributed by atoms with Crippen molar-refractivity contribution in [2.45, 2.75) is 6.54 Å². The summed E-state index contributed by atoms with van der Waals surface area (Å²) in [5, 5.41) is 23.0. The number of benzene rings is 1. The number of carbonyl (C=O) groups excluding carboxylic acids is 3. The third-order valence-corrected chi connectivity index (χ3v) is 3.85. The first kappa shape index (κ1) is 18.6. The zero-order valence-corrected chi connectivity index (χ0v) is 14.4. The van der Waals surface area contributed by atoms with Crippen LogP contribution in [0.25, 0.3) is 6.08 Å². The Bertz CT molecular complexity index is 1020. The van der Waals surface area contributed by atoms with Crippen LogP contribution in [0.5, 0.6) is 5.75 Å². The van der Waals surface area contributed by atoms with E-state index in [1.54, 1.807) is 0 Å². The number of nitrogens with zero attached hydrogens (tertiary/aromatic N) is 2. The summed E-state index contributed by atoms with van der Waals surface area (Å²) in [6.45, 7) is -0.250. The second-order valence-electron chi connectivity index (χ2n) is 5.64. The molecule has 3 rings (SSSR count). The lowest BCUT2D eigenvalue weighted by atomic mass is 10.1. The second kappa shape index (κ2) is 7.23. The van der Waals surface area contributed by atoms with Gasteiger partial charge in [-0.05, 0) is 24.3 Å². The maximum Gasteiger partial charge on any atom is 0.373 e. The lowest BCUT2D eigenvalue weighted by Gasteiger charge is -2.09. The van der Waals surface area contributed by atoms with Crippen molar-refractivity contribution in [3.63, 3.8) is 0 Å². The summed E-state index contributed by atoms with van der Waals surface area (Å²) in [5.74, 6) is -1.64. The van der Waals surface area contributed by atoms with E-state index in [2.05, 4.69) is 10.1 Å². The number of amides is 3. The Morgan fingerprint density at radius 2 is 2.11 bits per heavy atom. The van der Waals surface area contributed by atoms with Crippen molar-refractivity contribution in [3.8, 4) is 5.75 Å². The maximum absolute atomic E-state index is 12.5. The average Bonchev–Trinajstić information content (AvgIpc) is 3.23. The van der Waals surface area contributed by atoms with Gasteiger partial charge in [-0.3, -0.25) is 19.8 Å². The Morgan fingerprint density at radius 3 is 2.79 bits per heavy atom. The van der Waals surface area contributed by atoms with Crippen molar-refractivity contribution in [1.82, 2.24) is 10.2 Å². The van der Waals surface area contributed by atoms with Crippen LogP contribution in [0.15, 0.2) is 40.4 Å². The van der Waals surface area contributed by atoms with Gasteiger partial charge in [0.25, 0.3) is 11.6 Å². The number of methoxy groups -OCH3 is 1. The molecule has 3 amide bonds. The van der Waals surface area contributed by atoms with E-state index in [-0.39, 0.29) is 40.8 Å². The quantitative estimate of drug-likeness (QED) is 0.259. The third-order valence-electron chi connectivity index (χ3n) is 3.85. The molecule has 0 unspecified atom stereocenters. The topological polar surface area (TPSA) is 152 Å². The predicted octanol–water partition coefficient (Wildman–Crippen LogP) is 1.77. The summed E-state index contributed by atoms with van der Waals surface area (Å²) in [4.78, 5) is 47.0. The number of carbonyl (C=O) groups is 3. The van der Waals surface area contributed by atoms with Crippen molar-refractivity contribution in [2.24, 2.45) is 0 Å². The fourth-order valence-corrected chi connectivity index (χ4v) is 2.47. The number of nitro benzene ring substituents is 1. The van der Waals surface area contributed by atoms with Crippen LogP contribution in [0.2, 0.25) is 0 Å². The number of hydrogen-bond donors (Lipinski definition) is 2. The van der Waals surface area contributed by atoms with Gasteiger partial charge in [0.1, 0.15) is 17.2 Å². The van der Waals surface area contributed by atoms with E-state index in [1.165, 1.54) is 19.2 Å². The Kier molecular flexibility index (Phi) is 4.81. The number of phenolic OH excluding ortho intramolecular Hbond substituents is 1. The van der Waals surface area contributed by atoms with Gasteiger partial charge in [-0.2, -0.15) is 0 Å². The van der Waals surface area contributed by atoms with Crippen molar-refractivity contribution in [2.75, 3.05) is 7.11 Å². The summed E-state index contributed by atoms with van der Waals surface area (Å²) < 4.78 is 9.74. The minimum atomic E-state index is -0.753. The normalized spacial score (nSPS) is 15.0. The number of non-ortho nitro benzene ring substituents is 1. The first-order valence-corrected chi connectivity index (χ1v) is 7.79. The van der Waals surface area contributed by atoms with E-state index >= 15 is 0 Å². The SMILES string of the molecule is COC(=O)c1ccc(CN2C(=O)N/C(=C\c3cc([N+](=O)[O-])ccc3O)C2=O)o1. The summed E-state index contributed by atoms with van der Waals surface area (Å²) >= 11 is 0. The number of urea groups is 1. The lowest BCUT2D eigenvalue weighted by molar-refractivity contribution is -0.384. The fourth-order valence-electron chi connectivity index (χ4n) is 2.47. The molecule has 0 saturated carbocycles. The molecule has 2 N–H and O–H groups in total. The fraction of sp³-hybridized carbons (Fsp3) is 0.118. The number of nitrogens with one attached hydrogen (secondary N) is 1. The van der Waals surface area contributed by atoms with Gasteiger partial charge in [0.05, 0.1) is 18.6 Å². The largest absolute Gasteiger partial charge is 0.507 e. The zero-order chi connectivity index (χ0) is 20.4. The molecule has 11 heteroatoms. The molecular formula is C17H13N3O8. The molecule has 1 fully saturated rings. The lowest BCUT2D eigenvalue weighted by Crippen LogP contribution is -2.30. The van der Waals surface area contributed by atoms with Crippen molar-refractivity contribution < 1.29 is 33.6 Å². The number of nitro groups is 1. The van der Waals surface area contributed by atoms with Gasteiger partial charge in [0.2, 0.25) is 5.76 Å². The van der Waals surface area contributed by atoms with E-state index in [1.807, 2.05) is 0 Å². The third kappa shape index (κ3) is 3.53. The highest BCUT2D eigenvalue weighted by molar-refractivity contribution is 6.14. The number of aromatic hydroxyl groups is 1. The molecule has 2 aromatic rings. The molecule has 2 heterocycles. The first-order chi connectivity index (χ1) is 13.3. The van der Waals surface area contributed by atoms with Crippen LogP contribution in [-0.2, 0) is 16.1 Å². The van der Waals surface area contributed by atoms with Gasteiger partial charge in [0, 0.05) is 17.7 Å². The van der Waals surface area contributed by atoms with Crippen molar-refractivity contribution in [3.05, 3.63) is 63.2 Å². The molecule has 1 aliphatic rings. The average molecular weight is 387 g/mol. The number of esters is 1. The van der Waals surface area contributed by atoms with Crippen LogP contribution in [0.3, 0.4) is 0 Å². The van der Waals surface area contributed by atoms with Crippen molar-refractivity contribution >= 4 is 29.7 Å². The molecule has 1 saturated heterocycles. The Hall–Kier alpha value is -4.15. The van der Waals surface area contributed by atoms with E-state index in [9.17, 15) is 29.6 Å². The van der Waals surface area contributed by atoms with Crippen molar-refractivity contribution in [1.29, 1.82) is 0 Å². The predicted molar refractivity (Wildman–Crippen MR) is 91.9 cm³/mol. The first-order valence-electron chi connectivity index (χ1n) is 7.79. The number of furan rings is 1.